The number of hydrogen-bond donors (Lipinski definition) is 3. The zero-order valence-corrected chi connectivity index (χ0v) is 16.0. The molecule has 0 aromatic heterocycles. The third kappa shape index (κ3) is 8.10. The highest BCUT2D eigenvalue weighted by molar-refractivity contribution is 5.90. The van der Waals surface area contributed by atoms with Gasteiger partial charge in [-0.3, -0.25) is 4.79 Å². The van der Waals surface area contributed by atoms with Gasteiger partial charge < -0.3 is 25.2 Å². The Labute approximate surface area is 164 Å². The van der Waals surface area contributed by atoms with Crippen molar-refractivity contribution in [2.45, 2.75) is 51.0 Å². The van der Waals surface area contributed by atoms with Crippen LogP contribution in [-0.4, -0.2) is 48.4 Å². The molecule has 0 spiro atoms. The number of nitrogens with one attached hydrogen (secondary N) is 2. The van der Waals surface area contributed by atoms with Crippen LogP contribution in [0.2, 0.25) is 0 Å². The number of hydrogen-bond acceptors (Lipinski definition) is 6. The minimum absolute atomic E-state index is 0.0116. The van der Waals surface area contributed by atoms with Gasteiger partial charge in [0.25, 0.3) is 0 Å². The summed E-state index contributed by atoms with van der Waals surface area (Å²) in [5, 5.41) is 14.6. The van der Waals surface area contributed by atoms with E-state index in [1.54, 1.807) is 24.3 Å². The molecule has 0 unspecified atom stereocenters. The van der Waals surface area contributed by atoms with Crippen LogP contribution >= 0.6 is 0 Å². The normalized spacial score (nSPS) is 13.4. The Morgan fingerprint density at radius 1 is 1.21 bits per heavy atom. The van der Waals surface area contributed by atoms with E-state index in [1.807, 2.05) is 6.07 Å². The summed E-state index contributed by atoms with van der Waals surface area (Å²) in [6.45, 7) is 1.35. The molecule has 2 amide bonds. The van der Waals surface area contributed by atoms with E-state index in [9.17, 15) is 19.5 Å². The molecule has 0 saturated heterocycles. The maximum absolute atomic E-state index is 12.5. The highest BCUT2D eigenvalue weighted by atomic mass is 16.5. The van der Waals surface area contributed by atoms with Gasteiger partial charge in [-0.15, -0.1) is 12.3 Å². The number of unbranched alkanes of at least 4 members (excludes halogenated alkanes) is 1. The van der Waals surface area contributed by atoms with Gasteiger partial charge in [-0.25, -0.2) is 9.59 Å². The summed E-state index contributed by atoms with van der Waals surface area (Å²) in [4.78, 5) is 36.3. The molecule has 0 aliphatic rings. The zero-order chi connectivity index (χ0) is 20.9. The molecule has 0 bridgehead atoms. The lowest BCUT2D eigenvalue weighted by Crippen LogP contribution is -2.55. The summed E-state index contributed by atoms with van der Waals surface area (Å²) in [5.74, 6) is 1.08. The molecule has 1 aromatic carbocycles. The van der Waals surface area contributed by atoms with Crippen molar-refractivity contribution in [1.82, 2.24) is 10.6 Å². The molecule has 0 aliphatic carbocycles. The van der Waals surface area contributed by atoms with Gasteiger partial charge in [0.15, 0.2) is 0 Å². The molecule has 0 heterocycles. The predicted molar refractivity (Wildman–Crippen MR) is 102 cm³/mol. The van der Waals surface area contributed by atoms with Gasteiger partial charge in [0.1, 0.15) is 18.7 Å². The standard InChI is InChI=1S/C20H26N2O6/c1-4-5-7-12-16(19(25)27-3)21-18(24)17(14(2)23)22-20(26)28-13-15-10-8-6-9-11-15/h1,6,8-11,14,16-17,23H,5,7,12-13H2,2-3H3,(H,21,24)(H,22,26)/t14-,16+,17+/m1/s1. The van der Waals surface area contributed by atoms with Crippen LogP contribution in [0, 0.1) is 12.3 Å². The minimum atomic E-state index is -1.30. The molecule has 1 rings (SSSR count). The first-order chi connectivity index (χ1) is 13.4. The van der Waals surface area contributed by atoms with Crippen LogP contribution in [-0.2, 0) is 25.7 Å². The summed E-state index contributed by atoms with van der Waals surface area (Å²) < 4.78 is 9.73. The quantitative estimate of drug-likeness (QED) is 0.313. The molecular weight excluding hydrogens is 364 g/mol. The van der Waals surface area contributed by atoms with E-state index in [0.717, 1.165) is 5.56 Å². The van der Waals surface area contributed by atoms with Gasteiger partial charge in [-0.2, -0.15) is 0 Å². The molecule has 152 valence electrons. The van der Waals surface area contributed by atoms with Crippen molar-refractivity contribution >= 4 is 18.0 Å². The Hall–Kier alpha value is -3.05. The maximum Gasteiger partial charge on any atom is 0.408 e. The molecule has 1 aromatic rings. The van der Waals surface area contributed by atoms with Crippen LogP contribution in [0.5, 0.6) is 0 Å². The Bertz CT molecular complexity index is 684. The Kier molecular flexibility index (Phi) is 10.1. The molecule has 0 fully saturated rings. The Balaban J connectivity index is 2.66. The fourth-order valence-corrected chi connectivity index (χ4v) is 2.36. The Morgan fingerprint density at radius 2 is 1.89 bits per heavy atom. The number of aliphatic hydroxyl groups excluding tert-OH is 1. The molecule has 0 saturated carbocycles. The maximum atomic E-state index is 12.5. The van der Waals surface area contributed by atoms with Gasteiger partial charge >= 0.3 is 12.1 Å². The molecule has 0 aliphatic heterocycles. The monoisotopic (exact) mass is 390 g/mol. The lowest BCUT2D eigenvalue weighted by atomic mass is 10.1. The summed E-state index contributed by atoms with van der Waals surface area (Å²) in [6.07, 6.45) is 4.32. The van der Waals surface area contributed by atoms with Crippen molar-refractivity contribution in [3.8, 4) is 12.3 Å². The average molecular weight is 390 g/mol. The SMILES string of the molecule is C#CCCC[C@H](NC(=O)[C@@H](NC(=O)OCc1ccccc1)[C@@H](C)O)C(=O)OC. The second kappa shape index (κ2) is 12.4. The van der Waals surface area contributed by atoms with Crippen molar-refractivity contribution in [2.24, 2.45) is 0 Å². The van der Waals surface area contributed by atoms with E-state index in [1.165, 1.54) is 14.0 Å². The largest absolute Gasteiger partial charge is 0.467 e. The summed E-state index contributed by atoms with van der Waals surface area (Å²) >= 11 is 0. The Morgan fingerprint density at radius 3 is 2.46 bits per heavy atom. The van der Waals surface area contributed by atoms with Gasteiger partial charge in [0, 0.05) is 6.42 Å². The first-order valence-electron chi connectivity index (χ1n) is 8.86. The van der Waals surface area contributed by atoms with Crippen molar-refractivity contribution < 1.29 is 29.0 Å². The van der Waals surface area contributed by atoms with Crippen LogP contribution in [0.25, 0.3) is 0 Å². The van der Waals surface area contributed by atoms with Crippen molar-refractivity contribution in [3.05, 3.63) is 35.9 Å². The van der Waals surface area contributed by atoms with E-state index in [-0.39, 0.29) is 13.0 Å². The van der Waals surface area contributed by atoms with E-state index in [2.05, 4.69) is 21.3 Å². The van der Waals surface area contributed by atoms with Crippen molar-refractivity contribution in [2.75, 3.05) is 7.11 Å². The van der Waals surface area contributed by atoms with E-state index < -0.39 is 36.2 Å². The number of carbonyl (C=O) groups is 3. The highest BCUT2D eigenvalue weighted by Crippen LogP contribution is 2.05. The molecule has 8 heteroatoms. The molecule has 8 nitrogen and oxygen atoms in total. The molecule has 28 heavy (non-hydrogen) atoms. The van der Waals surface area contributed by atoms with Crippen molar-refractivity contribution in [1.29, 1.82) is 0 Å². The predicted octanol–water partition coefficient (Wildman–Crippen LogP) is 1.12. The third-order valence-electron chi connectivity index (χ3n) is 3.87. The average Bonchev–Trinajstić information content (AvgIpc) is 2.69. The third-order valence-corrected chi connectivity index (χ3v) is 3.87. The topological polar surface area (TPSA) is 114 Å². The number of alkyl carbamates (subject to hydrolysis) is 1. The van der Waals surface area contributed by atoms with Crippen LogP contribution in [0.3, 0.4) is 0 Å². The summed E-state index contributed by atoms with van der Waals surface area (Å²) in [7, 11) is 1.20. The molecule has 0 radical (unpaired) electrons. The van der Waals surface area contributed by atoms with Crippen LogP contribution in [0.4, 0.5) is 4.79 Å². The van der Waals surface area contributed by atoms with Crippen molar-refractivity contribution in [3.63, 3.8) is 0 Å². The van der Waals surface area contributed by atoms with Gasteiger partial charge in [0.05, 0.1) is 13.2 Å². The first kappa shape index (κ1) is 23.0. The van der Waals surface area contributed by atoms with Gasteiger partial charge in [-0.1, -0.05) is 30.3 Å². The first-order valence-corrected chi connectivity index (χ1v) is 8.86. The number of aliphatic hydroxyl groups is 1. The number of terminal acetylenes is 1. The lowest BCUT2D eigenvalue weighted by Gasteiger charge is -2.23. The van der Waals surface area contributed by atoms with Crippen LogP contribution in [0.1, 0.15) is 31.7 Å². The van der Waals surface area contributed by atoms with Gasteiger partial charge in [0.2, 0.25) is 5.91 Å². The minimum Gasteiger partial charge on any atom is -0.467 e. The number of carbonyl (C=O) groups excluding carboxylic acids is 3. The summed E-state index contributed by atoms with van der Waals surface area (Å²) in [6, 6.07) is 6.76. The van der Waals surface area contributed by atoms with E-state index in [0.29, 0.717) is 12.8 Å². The number of methoxy groups -OCH3 is 1. The number of ether oxygens (including phenoxy) is 2. The molecular formula is C20H26N2O6. The van der Waals surface area contributed by atoms with E-state index in [4.69, 9.17) is 11.2 Å². The summed E-state index contributed by atoms with van der Waals surface area (Å²) in [5.41, 5.74) is 0.773. The fraction of sp³-hybridized carbons (Fsp3) is 0.450. The fourth-order valence-electron chi connectivity index (χ4n) is 2.36. The number of esters is 1. The van der Waals surface area contributed by atoms with E-state index >= 15 is 0 Å². The van der Waals surface area contributed by atoms with Crippen LogP contribution in [0.15, 0.2) is 30.3 Å². The highest BCUT2D eigenvalue weighted by Gasteiger charge is 2.30. The smallest absolute Gasteiger partial charge is 0.408 e. The second-order valence-corrected chi connectivity index (χ2v) is 6.11. The number of benzene rings is 1. The number of rotatable bonds is 10. The molecule has 3 N–H and O–H groups in total. The molecule has 3 atom stereocenters. The lowest BCUT2D eigenvalue weighted by molar-refractivity contribution is -0.145. The van der Waals surface area contributed by atoms with Crippen LogP contribution < -0.4 is 10.6 Å². The van der Waals surface area contributed by atoms with Gasteiger partial charge in [-0.05, 0) is 25.3 Å². The zero-order valence-electron chi connectivity index (χ0n) is 16.0. The number of amides is 2. The second-order valence-electron chi connectivity index (χ2n) is 6.11.